The number of anilines is 1. The van der Waals surface area contributed by atoms with Gasteiger partial charge >= 0.3 is 0 Å². The first kappa shape index (κ1) is 17.5. The van der Waals surface area contributed by atoms with Gasteiger partial charge in [0, 0.05) is 13.2 Å². The molecule has 2 heterocycles. The van der Waals surface area contributed by atoms with Crippen molar-refractivity contribution in [3.8, 4) is 6.07 Å². The fraction of sp³-hybridized carbons (Fsp3) is 0.733. The third-order valence-electron chi connectivity index (χ3n) is 4.29. The monoisotopic (exact) mass is 367 g/mol. The van der Waals surface area contributed by atoms with Crippen molar-refractivity contribution in [2.75, 3.05) is 24.2 Å². The van der Waals surface area contributed by atoms with Gasteiger partial charge in [-0.25, -0.2) is 0 Å². The summed E-state index contributed by atoms with van der Waals surface area (Å²) in [5.41, 5.74) is -0.660. The third-order valence-corrected chi connectivity index (χ3v) is 6.30. The highest BCUT2D eigenvalue weighted by Crippen LogP contribution is 2.30. The van der Waals surface area contributed by atoms with Crippen LogP contribution in [0.15, 0.2) is 4.34 Å². The van der Waals surface area contributed by atoms with Crippen LogP contribution in [0.4, 0.5) is 5.13 Å². The molecule has 0 spiro atoms. The standard InChI is InChI=1S/C15H21N5O2S2/c16-10-15(5-1-2-6-15)18-12(21)9-23-14-20-19-13(24-14)17-8-11-4-3-7-22-11/h11H,1-9H2,(H,17,19)(H,18,21)/t11-/m0/s1. The first-order valence-electron chi connectivity index (χ1n) is 8.23. The van der Waals surface area contributed by atoms with Crippen molar-refractivity contribution in [3.63, 3.8) is 0 Å². The van der Waals surface area contributed by atoms with Crippen LogP contribution in [0.1, 0.15) is 38.5 Å². The summed E-state index contributed by atoms with van der Waals surface area (Å²) in [7, 11) is 0. The van der Waals surface area contributed by atoms with Gasteiger partial charge in [-0.05, 0) is 38.5 Å². The summed E-state index contributed by atoms with van der Waals surface area (Å²) in [4.78, 5) is 12.1. The Morgan fingerprint density at radius 3 is 2.96 bits per heavy atom. The molecule has 2 N–H and O–H groups in total. The molecular weight excluding hydrogens is 346 g/mol. The van der Waals surface area contributed by atoms with Gasteiger partial charge in [0.2, 0.25) is 11.0 Å². The van der Waals surface area contributed by atoms with Crippen molar-refractivity contribution in [1.82, 2.24) is 15.5 Å². The zero-order valence-electron chi connectivity index (χ0n) is 13.4. The quantitative estimate of drug-likeness (QED) is 0.712. The number of carbonyl (C=O) groups excluding carboxylic acids is 1. The molecule has 1 aliphatic carbocycles. The van der Waals surface area contributed by atoms with Crippen molar-refractivity contribution >= 4 is 34.1 Å². The van der Waals surface area contributed by atoms with Crippen LogP contribution >= 0.6 is 23.1 Å². The predicted molar refractivity (Wildman–Crippen MR) is 93.1 cm³/mol. The van der Waals surface area contributed by atoms with Crippen molar-refractivity contribution in [2.24, 2.45) is 0 Å². The highest BCUT2D eigenvalue weighted by Gasteiger charge is 2.35. The van der Waals surface area contributed by atoms with Gasteiger partial charge in [-0.2, -0.15) is 5.26 Å². The molecule has 24 heavy (non-hydrogen) atoms. The Morgan fingerprint density at radius 2 is 2.25 bits per heavy atom. The highest BCUT2D eigenvalue weighted by molar-refractivity contribution is 8.01. The van der Waals surface area contributed by atoms with E-state index in [0.717, 1.165) is 61.1 Å². The Hall–Kier alpha value is -1.37. The van der Waals surface area contributed by atoms with E-state index < -0.39 is 5.54 Å². The van der Waals surface area contributed by atoms with Gasteiger partial charge in [-0.3, -0.25) is 4.79 Å². The molecular formula is C15H21N5O2S2. The molecule has 2 aliphatic rings. The van der Waals surface area contributed by atoms with Crippen LogP contribution in [0, 0.1) is 11.3 Å². The number of nitrogens with one attached hydrogen (secondary N) is 2. The van der Waals surface area contributed by atoms with E-state index in [1.807, 2.05) is 0 Å². The van der Waals surface area contributed by atoms with Crippen molar-refractivity contribution in [1.29, 1.82) is 5.26 Å². The molecule has 7 nitrogen and oxygen atoms in total. The number of hydrogen-bond acceptors (Lipinski definition) is 8. The van der Waals surface area contributed by atoms with E-state index >= 15 is 0 Å². The number of aromatic nitrogens is 2. The van der Waals surface area contributed by atoms with Crippen LogP contribution in [-0.4, -0.2) is 46.7 Å². The number of amides is 1. The number of nitriles is 1. The number of nitrogens with zero attached hydrogens (tertiary/aromatic N) is 3. The lowest BCUT2D eigenvalue weighted by molar-refractivity contribution is -0.119. The van der Waals surface area contributed by atoms with Crippen LogP contribution in [0.3, 0.4) is 0 Å². The van der Waals surface area contributed by atoms with Crippen LogP contribution in [0.25, 0.3) is 0 Å². The lowest BCUT2D eigenvalue weighted by Crippen LogP contribution is -2.45. The normalized spacial score (nSPS) is 22.2. The Balaban J connectivity index is 1.41. The van der Waals surface area contributed by atoms with E-state index in [1.54, 1.807) is 0 Å². The molecule has 3 rings (SSSR count). The molecule has 0 bridgehead atoms. The van der Waals surface area contributed by atoms with E-state index in [4.69, 9.17) is 4.74 Å². The predicted octanol–water partition coefficient (Wildman–Crippen LogP) is 2.17. The maximum atomic E-state index is 12.1. The molecule has 130 valence electrons. The zero-order valence-corrected chi connectivity index (χ0v) is 15.0. The van der Waals surface area contributed by atoms with Crippen molar-refractivity contribution in [3.05, 3.63) is 0 Å². The topological polar surface area (TPSA) is 99.9 Å². The lowest BCUT2D eigenvalue weighted by Gasteiger charge is -2.21. The van der Waals surface area contributed by atoms with Gasteiger partial charge < -0.3 is 15.4 Å². The molecule has 9 heteroatoms. The second-order valence-corrected chi connectivity index (χ2v) is 8.33. The highest BCUT2D eigenvalue weighted by atomic mass is 32.2. The number of thioether (sulfide) groups is 1. The maximum absolute atomic E-state index is 12.1. The van der Waals surface area contributed by atoms with Crippen molar-refractivity contribution in [2.45, 2.75) is 54.5 Å². The van der Waals surface area contributed by atoms with Gasteiger partial charge in [0.15, 0.2) is 4.34 Å². The maximum Gasteiger partial charge on any atom is 0.231 e. The fourth-order valence-corrected chi connectivity index (χ4v) is 4.58. The smallest absolute Gasteiger partial charge is 0.231 e. The minimum Gasteiger partial charge on any atom is -0.376 e. The fourth-order valence-electron chi connectivity index (χ4n) is 3.02. The van der Waals surface area contributed by atoms with Gasteiger partial charge in [0.1, 0.15) is 5.54 Å². The number of hydrogen-bond donors (Lipinski definition) is 2. The first-order chi connectivity index (χ1) is 11.7. The Morgan fingerprint density at radius 1 is 1.42 bits per heavy atom. The van der Waals surface area contributed by atoms with E-state index in [9.17, 15) is 10.1 Å². The molecule has 1 aliphatic heterocycles. The molecule has 1 saturated carbocycles. The van der Waals surface area contributed by atoms with E-state index in [0.29, 0.717) is 0 Å². The van der Waals surface area contributed by atoms with Gasteiger partial charge in [0.25, 0.3) is 0 Å². The minimum atomic E-state index is -0.660. The average molecular weight is 368 g/mol. The van der Waals surface area contributed by atoms with Crippen LogP contribution in [0.2, 0.25) is 0 Å². The summed E-state index contributed by atoms with van der Waals surface area (Å²) in [6.07, 6.45) is 5.93. The Bertz CT molecular complexity index is 603. The molecule has 1 aromatic rings. The van der Waals surface area contributed by atoms with E-state index in [2.05, 4.69) is 26.9 Å². The molecule has 0 radical (unpaired) electrons. The summed E-state index contributed by atoms with van der Waals surface area (Å²) >= 11 is 2.79. The Kier molecular flexibility index (Phi) is 5.92. The molecule has 1 saturated heterocycles. The average Bonchev–Trinajstić information content (AvgIpc) is 3.33. The summed E-state index contributed by atoms with van der Waals surface area (Å²) in [5, 5.41) is 24.3. The molecule has 1 atom stereocenters. The number of carbonyl (C=O) groups is 1. The number of rotatable bonds is 7. The summed E-state index contributed by atoms with van der Waals surface area (Å²) in [6, 6.07) is 2.27. The molecule has 0 unspecified atom stereocenters. The summed E-state index contributed by atoms with van der Waals surface area (Å²) < 4.78 is 6.30. The lowest BCUT2D eigenvalue weighted by atomic mass is 10.0. The summed E-state index contributed by atoms with van der Waals surface area (Å²) in [5.74, 6) is 0.136. The summed E-state index contributed by atoms with van der Waals surface area (Å²) in [6.45, 7) is 1.58. The van der Waals surface area contributed by atoms with Gasteiger partial charge in [-0.1, -0.05) is 23.1 Å². The van der Waals surface area contributed by atoms with Crippen LogP contribution in [-0.2, 0) is 9.53 Å². The second kappa shape index (κ2) is 8.14. The SMILES string of the molecule is N#CC1(NC(=O)CSc2nnc(NC[C@@H]3CCCO3)s2)CCCC1. The molecule has 1 aromatic heterocycles. The van der Waals surface area contributed by atoms with E-state index in [-0.39, 0.29) is 17.8 Å². The number of ether oxygens (including phenoxy) is 1. The van der Waals surface area contributed by atoms with E-state index in [1.165, 1.54) is 23.1 Å². The van der Waals surface area contributed by atoms with Crippen molar-refractivity contribution < 1.29 is 9.53 Å². The van der Waals surface area contributed by atoms with Gasteiger partial charge in [-0.15, -0.1) is 10.2 Å². The van der Waals surface area contributed by atoms with Crippen LogP contribution < -0.4 is 10.6 Å². The Labute approximate surface area is 149 Å². The molecule has 2 fully saturated rings. The molecule has 0 aromatic carbocycles. The largest absolute Gasteiger partial charge is 0.376 e. The third kappa shape index (κ3) is 4.59. The van der Waals surface area contributed by atoms with Crippen LogP contribution in [0.5, 0.6) is 0 Å². The van der Waals surface area contributed by atoms with Gasteiger partial charge in [0.05, 0.1) is 17.9 Å². The zero-order chi connectivity index (χ0) is 16.8. The minimum absolute atomic E-state index is 0.118. The first-order valence-corrected chi connectivity index (χ1v) is 10.0. The second-order valence-electron chi connectivity index (χ2n) is 6.13. The molecule has 1 amide bonds.